The monoisotopic (exact) mass is 407 g/mol. The van der Waals surface area contributed by atoms with E-state index >= 15 is 0 Å². The van der Waals surface area contributed by atoms with Gasteiger partial charge in [-0.25, -0.2) is 18.1 Å². The summed E-state index contributed by atoms with van der Waals surface area (Å²) in [6.07, 6.45) is 3.80. The summed E-state index contributed by atoms with van der Waals surface area (Å²) in [6, 6.07) is 4.93. The normalized spacial score (nSPS) is 11.7. The molecule has 0 saturated heterocycles. The SMILES string of the molecule is O=S(=O)(NCCc1cnc[nH]1)c1ccc(Br)cc1Br. The highest BCUT2D eigenvalue weighted by Gasteiger charge is 2.17. The van der Waals surface area contributed by atoms with Crippen LogP contribution < -0.4 is 4.72 Å². The first-order valence-electron chi connectivity index (χ1n) is 5.41. The Morgan fingerprint density at radius 2 is 2.11 bits per heavy atom. The average molecular weight is 409 g/mol. The molecule has 0 fully saturated rings. The van der Waals surface area contributed by atoms with E-state index in [0.717, 1.165) is 10.2 Å². The molecule has 0 aliphatic heterocycles. The number of hydrogen-bond donors (Lipinski definition) is 2. The van der Waals surface area contributed by atoms with Crippen LogP contribution in [-0.2, 0) is 16.4 Å². The molecule has 5 nitrogen and oxygen atoms in total. The molecule has 0 aliphatic carbocycles. The average Bonchev–Trinajstić information content (AvgIpc) is 2.81. The summed E-state index contributed by atoms with van der Waals surface area (Å²) in [5.74, 6) is 0. The van der Waals surface area contributed by atoms with Crippen molar-refractivity contribution in [3.8, 4) is 0 Å². The van der Waals surface area contributed by atoms with Crippen LogP contribution in [0, 0.1) is 0 Å². The molecule has 0 radical (unpaired) electrons. The first kappa shape index (κ1) is 14.7. The van der Waals surface area contributed by atoms with E-state index in [1.54, 1.807) is 30.7 Å². The lowest BCUT2D eigenvalue weighted by Crippen LogP contribution is -2.26. The van der Waals surface area contributed by atoms with Crippen LogP contribution in [0.5, 0.6) is 0 Å². The molecule has 1 aromatic heterocycles. The molecular formula is C11H11Br2N3O2S. The molecule has 1 aromatic carbocycles. The smallest absolute Gasteiger partial charge is 0.241 e. The van der Waals surface area contributed by atoms with Crippen molar-refractivity contribution < 1.29 is 8.42 Å². The number of H-pyrrole nitrogens is 1. The standard InChI is InChI=1S/C11H11Br2N3O2S/c12-8-1-2-11(10(13)5-8)19(17,18)16-4-3-9-6-14-7-15-9/h1-2,5-7,16H,3-4H2,(H,14,15). The Hall–Kier alpha value is -0.700. The number of nitrogens with one attached hydrogen (secondary N) is 2. The van der Waals surface area contributed by atoms with Crippen molar-refractivity contribution in [2.75, 3.05) is 6.54 Å². The molecule has 19 heavy (non-hydrogen) atoms. The number of halogens is 2. The number of aromatic nitrogens is 2. The van der Waals surface area contributed by atoms with E-state index in [2.05, 4.69) is 46.5 Å². The fraction of sp³-hybridized carbons (Fsp3) is 0.182. The third-order valence-corrected chi connectivity index (χ3v) is 5.36. The summed E-state index contributed by atoms with van der Waals surface area (Å²) in [6.45, 7) is 0.313. The third-order valence-electron chi connectivity index (χ3n) is 2.42. The summed E-state index contributed by atoms with van der Waals surface area (Å²) in [5.41, 5.74) is 0.887. The van der Waals surface area contributed by atoms with E-state index in [1.807, 2.05) is 0 Å². The molecule has 0 aliphatic rings. The summed E-state index contributed by atoms with van der Waals surface area (Å²) < 4.78 is 28.1. The molecular weight excluding hydrogens is 398 g/mol. The van der Waals surface area contributed by atoms with Crippen LogP contribution in [0.25, 0.3) is 0 Å². The number of benzene rings is 1. The molecule has 1 heterocycles. The van der Waals surface area contributed by atoms with Crippen LogP contribution in [0.2, 0.25) is 0 Å². The molecule has 102 valence electrons. The van der Waals surface area contributed by atoms with Gasteiger partial charge < -0.3 is 4.98 Å². The second kappa shape index (κ2) is 6.17. The summed E-state index contributed by atoms with van der Waals surface area (Å²) in [5, 5.41) is 0. The van der Waals surface area contributed by atoms with Crippen molar-refractivity contribution in [3.63, 3.8) is 0 Å². The van der Waals surface area contributed by atoms with Gasteiger partial charge in [0.05, 0.1) is 11.2 Å². The molecule has 0 atom stereocenters. The molecule has 0 bridgehead atoms. The largest absolute Gasteiger partial charge is 0.348 e. The first-order valence-corrected chi connectivity index (χ1v) is 8.48. The highest BCUT2D eigenvalue weighted by molar-refractivity contribution is 9.11. The van der Waals surface area contributed by atoms with Crippen LogP contribution in [0.4, 0.5) is 0 Å². The Kier molecular flexibility index (Phi) is 4.77. The Morgan fingerprint density at radius 1 is 1.32 bits per heavy atom. The zero-order valence-corrected chi connectivity index (χ0v) is 13.7. The second-order valence-corrected chi connectivity index (χ2v) is 7.30. The van der Waals surface area contributed by atoms with E-state index in [-0.39, 0.29) is 4.90 Å². The topological polar surface area (TPSA) is 74.8 Å². The minimum Gasteiger partial charge on any atom is -0.348 e. The van der Waals surface area contributed by atoms with Gasteiger partial charge in [0.15, 0.2) is 0 Å². The highest BCUT2D eigenvalue weighted by atomic mass is 79.9. The molecule has 0 unspecified atom stereocenters. The molecule has 2 aromatic rings. The van der Waals surface area contributed by atoms with E-state index in [4.69, 9.17) is 0 Å². The van der Waals surface area contributed by atoms with Gasteiger partial charge in [-0.1, -0.05) is 15.9 Å². The Balaban J connectivity index is 2.05. The predicted octanol–water partition coefficient (Wildman–Crippen LogP) is 2.46. The van der Waals surface area contributed by atoms with Gasteiger partial charge in [-0.15, -0.1) is 0 Å². The number of nitrogens with zero attached hydrogens (tertiary/aromatic N) is 1. The highest BCUT2D eigenvalue weighted by Crippen LogP contribution is 2.25. The van der Waals surface area contributed by atoms with Gasteiger partial charge in [-0.2, -0.15) is 0 Å². The van der Waals surface area contributed by atoms with Crippen molar-refractivity contribution in [1.29, 1.82) is 0 Å². The van der Waals surface area contributed by atoms with Crippen LogP contribution >= 0.6 is 31.9 Å². The minimum absolute atomic E-state index is 0.223. The van der Waals surface area contributed by atoms with Gasteiger partial charge >= 0.3 is 0 Å². The number of aromatic amines is 1. The molecule has 0 amide bonds. The fourth-order valence-corrected chi connectivity index (χ4v) is 4.29. The first-order chi connectivity index (χ1) is 8.99. The number of sulfonamides is 1. The van der Waals surface area contributed by atoms with Crippen molar-refractivity contribution in [2.45, 2.75) is 11.3 Å². The maximum atomic E-state index is 12.1. The minimum atomic E-state index is -3.51. The maximum absolute atomic E-state index is 12.1. The van der Waals surface area contributed by atoms with E-state index in [9.17, 15) is 8.42 Å². The number of hydrogen-bond acceptors (Lipinski definition) is 3. The van der Waals surface area contributed by atoms with Gasteiger partial charge in [0.2, 0.25) is 10.0 Å². The molecule has 2 N–H and O–H groups in total. The molecule has 0 saturated carbocycles. The lowest BCUT2D eigenvalue weighted by Gasteiger charge is -2.08. The molecule has 0 spiro atoms. The van der Waals surface area contributed by atoms with E-state index < -0.39 is 10.0 Å². The van der Waals surface area contributed by atoms with Crippen molar-refractivity contribution in [2.24, 2.45) is 0 Å². The quantitative estimate of drug-likeness (QED) is 0.797. The van der Waals surface area contributed by atoms with Crippen molar-refractivity contribution in [3.05, 3.63) is 45.4 Å². The van der Waals surface area contributed by atoms with Gasteiger partial charge in [-0.05, 0) is 34.1 Å². The lowest BCUT2D eigenvalue weighted by atomic mass is 10.3. The van der Waals surface area contributed by atoms with Gasteiger partial charge in [0, 0.05) is 33.8 Å². The number of rotatable bonds is 5. The van der Waals surface area contributed by atoms with Crippen LogP contribution in [-0.4, -0.2) is 24.9 Å². The van der Waals surface area contributed by atoms with Crippen molar-refractivity contribution >= 4 is 41.9 Å². The predicted molar refractivity (Wildman–Crippen MR) is 79.3 cm³/mol. The Labute approximate surface area is 128 Å². The Bertz CT molecular complexity index is 657. The Morgan fingerprint density at radius 3 is 2.74 bits per heavy atom. The van der Waals surface area contributed by atoms with Gasteiger partial charge in [0.1, 0.15) is 0 Å². The summed E-state index contributed by atoms with van der Waals surface area (Å²) in [4.78, 5) is 7.02. The van der Waals surface area contributed by atoms with Gasteiger partial charge in [0.25, 0.3) is 0 Å². The summed E-state index contributed by atoms with van der Waals surface area (Å²) in [7, 11) is -3.51. The number of imidazole rings is 1. The second-order valence-electron chi connectivity index (χ2n) is 3.80. The van der Waals surface area contributed by atoms with Crippen molar-refractivity contribution in [1.82, 2.24) is 14.7 Å². The summed E-state index contributed by atoms with van der Waals surface area (Å²) >= 11 is 6.53. The zero-order chi connectivity index (χ0) is 13.9. The third kappa shape index (κ3) is 3.88. The van der Waals surface area contributed by atoms with Crippen LogP contribution in [0.15, 0.2) is 44.6 Å². The van der Waals surface area contributed by atoms with E-state index in [0.29, 0.717) is 17.4 Å². The van der Waals surface area contributed by atoms with Gasteiger partial charge in [-0.3, -0.25) is 0 Å². The molecule has 8 heteroatoms. The maximum Gasteiger partial charge on any atom is 0.241 e. The zero-order valence-electron chi connectivity index (χ0n) is 9.73. The fourth-order valence-electron chi connectivity index (χ4n) is 1.51. The van der Waals surface area contributed by atoms with E-state index in [1.165, 1.54) is 0 Å². The lowest BCUT2D eigenvalue weighted by molar-refractivity contribution is 0.581. The molecule has 2 rings (SSSR count). The van der Waals surface area contributed by atoms with Crippen LogP contribution in [0.1, 0.15) is 5.69 Å². The van der Waals surface area contributed by atoms with Crippen LogP contribution in [0.3, 0.4) is 0 Å².